The predicted molar refractivity (Wildman–Crippen MR) is 71.7 cm³/mol. The second kappa shape index (κ2) is 6.04. The average Bonchev–Trinajstić information content (AvgIpc) is 3.07. The Morgan fingerprint density at radius 2 is 1.90 bits per heavy atom. The summed E-state index contributed by atoms with van der Waals surface area (Å²) >= 11 is 0. The van der Waals surface area contributed by atoms with Gasteiger partial charge in [-0.1, -0.05) is 26.0 Å². The third-order valence-corrected chi connectivity index (χ3v) is 3.42. The van der Waals surface area contributed by atoms with E-state index in [4.69, 9.17) is 0 Å². The first-order valence-electron chi connectivity index (χ1n) is 6.91. The molecule has 0 radical (unpaired) electrons. The summed E-state index contributed by atoms with van der Waals surface area (Å²) in [6.07, 6.45) is -3.52. The van der Waals surface area contributed by atoms with Crippen LogP contribution in [0, 0.1) is 11.8 Å². The van der Waals surface area contributed by atoms with Crippen LogP contribution in [-0.2, 0) is 0 Å². The molecular weight excluding hydrogens is 267 g/mol. The zero-order valence-corrected chi connectivity index (χ0v) is 11.7. The van der Waals surface area contributed by atoms with Crippen molar-refractivity contribution in [3.63, 3.8) is 0 Å². The summed E-state index contributed by atoms with van der Waals surface area (Å²) in [5, 5.41) is 3.42. The molecule has 2 unspecified atom stereocenters. The molecule has 1 saturated carbocycles. The van der Waals surface area contributed by atoms with Crippen molar-refractivity contribution >= 4 is 0 Å². The lowest BCUT2D eigenvalue weighted by Crippen LogP contribution is -2.22. The van der Waals surface area contributed by atoms with Gasteiger partial charge in [0.2, 0.25) is 0 Å². The summed E-state index contributed by atoms with van der Waals surface area (Å²) < 4.78 is 40.0. The van der Waals surface area contributed by atoms with Gasteiger partial charge in [0.1, 0.15) is 5.75 Å². The second-order valence-corrected chi connectivity index (χ2v) is 5.77. The summed E-state index contributed by atoms with van der Waals surface area (Å²) in [5.74, 6) is 1.54. The van der Waals surface area contributed by atoms with Crippen molar-refractivity contribution in [1.82, 2.24) is 5.32 Å². The monoisotopic (exact) mass is 287 g/mol. The summed E-state index contributed by atoms with van der Waals surface area (Å²) in [4.78, 5) is 0. The fourth-order valence-corrected chi connectivity index (χ4v) is 2.36. The van der Waals surface area contributed by atoms with E-state index < -0.39 is 6.36 Å². The van der Waals surface area contributed by atoms with E-state index in [0.29, 0.717) is 17.8 Å². The van der Waals surface area contributed by atoms with Crippen molar-refractivity contribution in [3.05, 3.63) is 29.8 Å². The molecule has 1 N–H and O–H groups in total. The van der Waals surface area contributed by atoms with Crippen LogP contribution in [0.2, 0.25) is 0 Å². The van der Waals surface area contributed by atoms with Gasteiger partial charge in [-0.3, -0.25) is 0 Å². The fourth-order valence-electron chi connectivity index (χ4n) is 2.36. The van der Waals surface area contributed by atoms with Crippen LogP contribution >= 0.6 is 0 Å². The van der Waals surface area contributed by atoms with Gasteiger partial charge in [-0.05, 0) is 55.0 Å². The highest BCUT2D eigenvalue weighted by atomic mass is 19.4. The Morgan fingerprint density at radius 1 is 1.25 bits per heavy atom. The van der Waals surface area contributed by atoms with Gasteiger partial charge in [0.05, 0.1) is 0 Å². The molecule has 1 aromatic carbocycles. The molecule has 0 heterocycles. The molecule has 112 valence electrons. The molecule has 20 heavy (non-hydrogen) atoms. The number of hydrogen-bond acceptors (Lipinski definition) is 2. The Kier molecular flexibility index (Phi) is 4.58. The van der Waals surface area contributed by atoms with Gasteiger partial charge >= 0.3 is 6.36 Å². The van der Waals surface area contributed by atoms with Gasteiger partial charge in [-0.25, -0.2) is 0 Å². The Hall–Kier alpha value is -1.23. The quantitative estimate of drug-likeness (QED) is 0.856. The van der Waals surface area contributed by atoms with Crippen LogP contribution in [0.15, 0.2) is 24.3 Å². The van der Waals surface area contributed by atoms with Crippen LogP contribution in [0.4, 0.5) is 13.2 Å². The number of nitrogens with one attached hydrogen (secondary N) is 1. The average molecular weight is 287 g/mol. The van der Waals surface area contributed by atoms with E-state index in [1.165, 1.54) is 12.1 Å². The molecular formula is C15H20F3NO. The number of halogens is 3. The third kappa shape index (κ3) is 4.71. The number of alkyl halides is 3. The van der Waals surface area contributed by atoms with Crippen molar-refractivity contribution < 1.29 is 17.9 Å². The van der Waals surface area contributed by atoms with E-state index in [1.807, 2.05) is 0 Å². The third-order valence-electron chi connectivity index (χ3n) is 3.42. The standard InChI is InChI=1S/C15H20F3NO/c1-10(2)8-19-9-12-7-14(12)11-3-5-13(6-4-11)20-15(16,17)18/h3-6,10,12,14,19H,7-9H2,1-2H3. The van der Waals surface area contributed by atoms with Crippen LogP contribution in [0.5, 0.6) is 5.75 Å². The van der Waals surface area contributed by atoms with Crippen LogP contribution in [0.25, 0.3) is 0 Å². The Balaban J connectivity index is 1.80. The molecule has 0 amide bonds. The largest absolute Gasteiger partial charge is 0.573 e. The molecule has 2 nitrogen and oxygen atoms in total. The minimum Gasteiger partial charge on any atom is -0.406 e. The molecule has 0 saturated heterocycles. The summed E-state index contributed by atoms with van der Waals surface area (Å²) in [5.41, 5.74) is 1.09. The molecule has 0 aromatic heterocycles. The van der Waals surface area contributed by atoms with Crippen molar-refractivity contribution in [2.24, 2.45) is 11.8 Å². The van der Waals surface area contributed by atoms with E-state index in [2.05, 4.69) is 23.9 Å². The highest BCUT2D eigenvalue weighted by Crippen LogP contribution is 2.47. The molecule has 1 aromatic rings. The van der Waals surface area contributed by atoms with Crippen LogP contribution in [0.3, 0.4) is 0 Å². The Labute approximate surface area is 117 Å². The Bertz CT molecular complexity index is 428. The van der Waals surface area contributed by atoms with Gasteiger partial charge in [-0.15, -0.1) is 13.2 Å². The second-order valence-electron chi connectivity index (χ2n) is 5.77. The van der Waals surface area contributed by atoms with Crippen molar-refractivity contribution in [3.8, 4) is 5.75 Å². The van der Waals surface area contributed by atoms with Gasteiger partial charge in [0, 0.05) is 0 Å². The van der Waals surface area contributed by atoms with Gasteiger partial charge in [0.15, 0.2) is 0 Å². The zero-order valence-electron chi connectivity index (χ0n) is 11.7. The number of benzene rings is 1. The molecule has 2 atom stereocenters. The maximum atomic E-state index is 12.0. The van der Waals surface area contributed by atoms with Crippen molar-refractivity contribution in [1.29, 1.82) is 0 Å². The first kappa shape index (κ1) is 15.2. The smallest absolute Gasteiger partial charge is 0.406 e. The molecule has 0 bridgehead atoms. The minimum atomic E-state index is -4.62. The lowest BCUT2D eigenvalue weighted by Gasteiger charge is -2.09. The maximum absolute atomic E-state index is 12.0. The minimum absolute atomic E-state index is 0.156. The highest BCUT2D eigenvalue weighted by Gasteiger charge is 2.38. The van der Waals surface area contributed by atoms with Crippen molar-refractivity contribution in [2.75, 3.05) is 13.1 Å². The zero-order chi connectivity index (χ0) is 14.8. The van der Waals surface area contributed by atoms with Gasteiger partial charge in [-0.2, -0.15) is 0 Å². The number of ether oxygens (including phenoxy) is 1. The lowest BCUT2D eigenvalue weighted by molar-refractivity contribution is -0.274. The normalized spacial score (nSPS) is 22.1. The first-order valence-corrected chi connectivity index (χ1v) is 6.91. The summed E-state index contributed by atoms with van der Waals surface area (Å²) in [6.45, 7) is 6.30. The highest BCUT2D eigenvalue weighted by molar-refractivity contribution is 5.32. The molecule has 2 rings (SSSR count). The number of hydrogen-bond donors (Lipinski definition) is 1. The molecule has 0 spiro atoms. The van der Waals surface area contributed by atoms with Crippen LogP contribution in [0.1, 0.15) is 31.7 Å². The SMILES string of the molecule is CC(C)CNCC1CC1c1ccc(OC(F)(F)F)cc1. The Morgan fingerprint density at radius 3 is 2.45 bits per heavy atom. The van der Waals surface area contributed by atoms with E-state index in [-0.39, 0.29) is 5.75 Å². The first-order chi connectivity index (χ1) is 9.35. The van der Waals surface area contributed by atoms with E-state index in [0.717, 1.165) is 25.1 Å². The maximum Gasteiger partial charge on any atom is 0.573 e. The molecule has 0 aliphatic heterocycles. The molecule has 5 heteroatoms. The van der Waals surface area contributed by atoms with E-state index >= 15 is 0 Å². The predicted octanol–water partition coefficient (Wildman–Crippen LogP) is 3.93. The van der Waals surface area contributed by atoms with Crippen molar-refractivity contribution in [2.45, 2.75) is 32.5 Å². The van der Waals surface area contributed by atoms with E-state index in [9.17, 15) is 13.2 Å². The van der Waals surface area contributed by atoms with Crippen LogP contribution < -0.4 is 10.1 Å². The van der Waals surface area contributed by atoms with E-state index in [1.54, 1.807) is 12.1 Å². The molecule has 1 aliphatic carbocycles. The van der Waals surface area contributed by atoms with Gasteiger partial charge in [0.25, 0.3) is 0 Å². The van der Waals surface area contributed by atoms with Gasteiger partial charge < -0.3 is 10.1 Å². The lowest BCUT2D eigenvalue weighted by atomic mass is 10.1. The number of rotatable bonds is 6. The fraction of sp³-hybridized carbons (Fsp3) is 0.600. The summed E-state index contributed by atoms with van der Waals surface area (Å²) in [6, 6.07) is 6.24. The molecule has 1 aliphatic rings. The summed E-state index contributed by atoms with van der Waals surface area (Å²) in [7, 11) is 0. The van der Waals surface area contributed by atoms with Crippen LogP contribution in [-0.4, -0.2) is 19.5 Å². The topological polar surface area (TPSA) is 21.3 Å². The molecule has 1 fully saturated rings.